The Kier molecular flexibility index (Phi) is 10.2. The van der Waals surface area contributed by atoms with Crippen molar-refractivity contribution in [3.05, 3.63) is 94.5 Å². The molecule has 0 aliphatic heterocycles. The number of nitrogens with one attached hydrogen (secondary N) is 1. The van der Waals surface area contributed by atoms with Gasteiger partial charge < -0.3 is 10.2 Å². The number of rotatable bonds is 11. The molecule has 7 nitrogen and oxygen atoms in total. The largest absolute Gasteiger partial charge is 0.354 e. The lowest BCUT2D eigenvalue weighted by atomic mass is 10.1. The van der Waals surface area contributed by atoms with Crippen LogP contribution in [0.2, 0.25) is 10.0 Å². The molecule has 1 N–H and O–H groups in total. The average Bonchev–Trinajstić information content (AvgIpc) is 2.91. The van der Waals surface area contributed by atoms with Crippen LogP contribution in [0.1, 0.15) is 26.3 Å². The van der Waals surface area contributed by atoms with E-state index in [0.29, 0.717) is 6.54 Å². The lowest BCUT2D eigenvalue weighted by Crippen LogP contribution is -2.51. The molecular weight excluding hydrogens is 545 g/mol. The van der Waals surface area contributed by atoms with Crippen LogP contribution >= 0.6 is 23.2 Å². The zero-order valence-electron chi connectivity index (χ0n) is 21.5. The van der Waals surface area contributed by atoms with Gasteiger partial charge in [-0.25, -0.2) is 8.42 Å². The molecule has 0 heterocycles. The first-order chi connectivity index (χ1) is 18.0. The van der Waals surface area contributed by atoms with E-state index < -0.39 is 28.5 Å². The van der Waals surface area contributed by atoms with Crippen molar-refractivity contribution in [2.24, 2.45) is 5.92 Å². The molecule has 0 bridgehead atoms. The standard InChI is InChI=1S/C28H31Cl2N3O4S/c1-20(2)17-31-28(35)21(3)32(18-22-10-6-4-7-11-22)27(34)19-33(23-14-15-25(29)26(30)16-23)38(36,37)24-12-8-5-9-13-24/h4-16,20-21H,17-19H2,1-3H3,(H,31,35)/t21-/m1/s1. The maximum atomic E-state index is 13.8. The van der Waals surface area contributed by atoms with Crippen molar-refractivity contribution in [3.8, 4) is 0 Å². The second kappa shape index (κ2) is 13.1. The van der Waals surface area contributed by atoms with Crippen LogP contribution in [0.25, 0.3) is 0 Å². The van der Waals surface area contributed by atoms with Crippen molar-refractivity contribution < 1.29 is 18.0 Å². The van der Waals surface area contributed by atoms with Crippen LogP contribution in [0.3, 0.4) is 0 Å². The highest BCUT2D eigenvalue weighted by Crippen LogP contribution is 2.30. The molecule has 0 aromatic heterocycles. The van der Waals surface area contributed by atoms with Gasteiger partial charge in [0.25, 0.3) is 10.0 Å². The van der Waals surface area contributed by atoms with Gasteiger partial charge >= 0.3 is 0 Å². The van der Waals surface area contributed by atoms with Gasteiger partial charge in [-0.15, -0.1) is 0 Å². The molecule has 2 amide bonds. The summed E-state index contributed by atoms with van der Waals surface area (Å²) < 4.78 is 28.4. The number of hydrogen-bond donors (Lipinski definition) is 1. The van der Waals surface area contributed by atoms with Gasteiger partial charge in [0, 0.05) is 13.1 Å². The number of hydrogen-bond acceptors (Lipinski definition) is 4. The summed E-state index contributed by atoms with van der Waals surface area (Å²) in [5, 5.41) is 3.26. The molecule has 10 heteroatoms. The van der Waals surface area contributed by atoms with E-state index in [1.807, 2.05) is 44.2 Å². The highest BCUT2D eigenvalue weighted by molar-refractivity contribution is 7.92. The molecule has 0 saturated carbocycles. The van der Waals surface area contributed by atoms with Crippen LogP contribution in [0.5, 0.6) is 0 Å². The van der Waals surface area contributed by atoms with E-state index >= 15 is 0 Å². The van der Waals surface area contributed by atoms with Crippen molar-refractivity contribution in [1.29, 1.82) is 0 Å². The van der Waals surface area contributed by atoms with Crippen LogP contribution in [0.15, 0.2) is 83.8 Å². The number of nitrogens with zero attached hydrogens (tertiary/aromatic N) is 2. The number of carbonyl (C=O) groups excluding carboxylic acids is 2. The summed E-state index contributed by atoms with van der Waals surface area (Å²) in [4.78, 5) is 28.2. The first kappa shape index (κ1) is 29.5. The van der Waals surface area contributed by atoms with E-state index in [1.165, 1.54) is 35.2 Å². The van der Waals surface area contributed by atoms with Crippen LogP contribution in [0.4, 0.5) is 5.69 Å². The molecule has 0 saturated heterocycles. The SMILES string of the molecule is CC(C)CNC(=O)[C@@H](C)N(Cc1ccccc1)C(=O)CN(c1ccc(Cl)c(Cl)c1)S(=O)(=O)c1ccccc1. The summed E-state index contributed by atoms with van der Waals surface area (Å²) in [6.45, 7) is 5.60. The number of sulfonamides is 1. The van der Waals surface area contributed by atoms with Crippen LogP contribution in [-0.2, 0) is 26.2 Å². The zero-order valence-corrected chi connectivity index (χ0v) is 23.8. The third kappa shape index (κ3) is 7.49. The fourth-order valence-corrected chi connectivity index (χ4v) is 5.42. The summed E-state index contributed by atoms with van der Waals surface area (Å²) in [6, 6.07) is 20.5. The molecule has 38 heavy (non-hydrogen) atoms. The summed E-state index contributed by atoms with van der Waals surface area (Å²) >= 11 is 12.3. The molecular formula is C28H31Cl2N3O4S. The maximum Gasteiger partial charge on any atom is 0.264 e. The first-order valence-corrected chi connectivity index (χ1v) is 14.3. The van der Waals surface area contributed by atoms with E-state index in [0.717, 1.165) is 9.87 Å². The number of carbonyl (C=O) groups is 2. The Morgan fingerprint density at radius 3 is 2.05 bits per heavy atom. The summed E-state index contributed by atoms with van der Waals surface area (Å²) in [5.74, 6) is -0.646. The van der Waals surface area contributed by atoms with Crippen molar-refractivity contribution >= 4 is 50.7 Å². The van der Waals surface area contributed by atoms with E-state index in [2.05, 4.69) is 5.32 Å². The Balaban J connectivity index is 2.01. The highest BCUT2D eigenvalue weighted by atomic mass is 35.5. The molecule has 3 rings (SSSR count). The Morgan fingerprint density at radius 1 is 0.868 bits per heavy atom. The van der Waals surface area contributed by atoms with Gasteiger partial charge in [0.15, 0.2) is 0 Å². The predicted octanol–water partition coefficient (Wildman–Crippen LogP) is 5.38. The molecule has 3 aromatic rings. The molecule has 3 aromatic carbocycles. The molecule has 0 radical (unpaired) electrons. The maximum absolute atomic E-state index is 13.8. The number of benzene rings is 3. The van der Waals surface area contributed by atoms with E-state index in [-0.39, 0.29) is 39.0 Å². The Bertz CT molecular complexity index is 1350. The predicted molar refractivity (Wildman–Crippen MR) is 152 cm³/mol. The van der Waals surface area contributed by atoms with Crippen molar-refractivity contribution in [2.75, 3.05) is 17.4 Å². The van der Waals surface area contributed by atoms with Gasteiger partial charge in [0.1, 0.15) is 12.6 Å². The lowest BCUT2D eigenvalue weighted by molar-refractivity contribution is -0.139. The minimum atomic E-state index is -4.17. The summed E-state index contributed by atoms with van der Waals surface area (Å²) in [7, 11) is -4.17. The summed E-state index contributed by atoms with van der Waals surface area (Å²) in [5.41, 5.74) is 0.976. The lowest BCUT2D eigenvalue weighted by Gasteiger charge is -2.32. The number of halogens is 2. The minimum Gasteiger partial charge on any atom is -0.354 e. The van der Waals surface area contributed by atoms with E-state index in [9.17, 15) is 18.0 Å². The fraction of sp³-hybridized carbons (Fsp3) is 0.286. The Labute approximate surface area is 234 Å². The van der Waals surface area contributed by atoms with Gasteiger partial charge in [0.2, 0.25) is 11.8 Å². The normalized spacial score (nSPS) is 12.2. The molecule has 1 atom stereocenters. The van der Waals surface area contributed by atoms with Crippen LogP contribution < -0.4 is 9.62 Å². The quantitative estimate of drug-likeness (QED) is 0.332. The van der Waals surface area contributed by atoms with Gasteiger partial charge in [-0.2, -0.15) is 0 Å². The van der Waals surface area contributed by atoms with Gasteiger partial charge in [-0.05, 0) is 48.7 Å². The Morgan fingerprint density at radius 2 is 1.47 bits per heavy atom. The molecule has 0 fully saturated rings. The smallest absolute Gasteiger partial charge is 0.264 e. The molecule has 0 unspecified atom stereocenters. The topological polar surface area (TPSA) is 86.8 Å². The molecule has 0 aliphatic carbocycles. The fourth-order valence-electron chi connectivity index (χ4n) is 3.70. The van der Waals surface area contributed by atoms with Gasteiger partial charge in [-0.3, -0.25) is 13.9 Å². The van der Waals surface area contributed by atoms with Crippen LogP contribution in [0, 0.1) is 5.92 Å². The number of anilines is 1. The molecule has 0 spiro atoms. The number of amides is 2. The van der Waals surface area contributed by atoms with Gasteiger partial charge in [-0.1, -0.05) is 85.6 Å². The summed E-state index contributed by atoms with van der Waals surface area (Å²) in [6.07, 6.45) is 0. The van der Waals surface area contributed by atoms with E-state index in [4.69, 9.17) is 23.2 Å². The second-order valence-electron chi connectivity index (χ2n) is 9.25. The van der Waals surface area contributed by atoms with Crippen molar-refractivity contribution in [3.63, 3.8) is 0 Å². The molecule has 0 aliphatic rings. The minimum absolute atomic E-state index is 0.0104. The highest BCUT2D eigenvalue weighted by Gasteiger charge is 2.32. The average molecular weight is 577 g/mol. The van der Waals surface area contributed by atoms with Crippen LogP contribution in [-0.4, -0.2) is 44.3 Å². The third-order valence-electron chi connectivity index (χ3n) is 5.85. The monoisotopic (exact) mass is 575 g/mol. The van der Waals surface area contributed by atoms with Gasteiger partial charge in [0.05, 0.1) is 20.6 Å². The van der Waals surface area contributed by atoms with Crippen molar-refractivity contribution in [2.45, 2.75) is 38.3 Å². The Hall–Kier alpha value is -3.07. The third-order valence-corrected chi connectivity index (χ3v) is 8.38. The first-order valence-electron chi connectivity index (χ1n) is 12.1. The van der Waals surface area contributed by atoms with E-state index in [1.54, 1.807) is 25.1 Å². The molecule has 202 valence electrons. The zero-order chi connectivity index (χ0) is 27.9. The second-order valence-corrected chi connectivity index (χ2v) is 11.9. The van der Waals surface area contributed by atoms with Crippen molar-refractivity contribution in [1.82, 2.24) is 10.2 Å².